The first-order chi connectivity index (χ1) is 12.0. The van der Waals surface area contributed by atoms with Crippen molar-refractivity contribution in [2.24, 2.45) is 0 Å². The van der Waals surface area contributed by atoms with E-state index in [-0.39, 0.29) is 6.10 Å². The van der Waals surface area contributed by atoms with Crippen molar-refractivity contribution in [1.82, 2.24) is 0 Å². The standard InChI is InChI=1S/C19H24O4S2/c1-10(2)18-16-14(9-24-18)23-13(8-22-16)7-11(3)19-17-15(12(4)25-19)20-5-6-21-17/h9-11,13H,5-8H2,1-4H3. The summed E-state index contributed by atoms with van der Waals surface area (Å²) in [5, 5.41) is 2.08. The molecular weight excluding hydrogens is 356 g/mol. The molecule has 2 atom stereocenters. The van der Waals surface area contributed by atoms with Gasteiger partial charge in [-0.15, -0.1) is 22.7 Å². The van der Waals surface area contributed by atoms with E-state index in [1.165, 1.54) is 14.6 Å². The first kappa shape index (κ1) is 17.0. The van der Waals surface area contributed by atoms with Crippen LogP contribution in [0, 0.1) is 6.92 Å². The molecule has 6 heteroatoms. The molecule has 2 aromatic heterocycles. The lowest BCUT2D eigenvalue weighted by Gasteiger charge is -2.28. The molecular formula is C19H24O4S2. The molecule has 2 unspecified atom stereocenters. The maximum absolute atomic E-state index is 6.22. The van der Waals surface area contributed by atoms with E-state index in [0.29, 0.717) is 31.7 Å². The summed E-state index contributed by atoms with van der Waals surface area (Å²) in [6.45, 7) is 10.6. The lowest BCUT2D eigenvalue weighted by atomic mass is 10.0. The van der Waals surface area contributed by atoms with Gasteiger partial charge < -0.3 is 18.9 Å². The highest BCUT2D eigenvalue weighted by molar-refractivity contribution is 7.12. The smallest absolute Gasteiger partial charge is 0.175 e. The van der Waals surface area contributed by atoms with Gasteiger partial charge in [-0.1, -0.05) is 20.8 Å². The largest absolute Gasteiger partial charge is 0.485 e. The zero-order valence-electron chi connectivity index (χ0n) is 15.1. The highest BCUT2D eigenvalue weighted by Gasteiger charge is 2.31. The molecule has 0 fully saturated rings. The summed E-state index contributed by atoms with van der Waals surface area (Å²) < 4.78 is 23.9. The Labute approximate surface area is 156 Å². The predicted molar refractivity (Wildman–Crippen MR) is 101 cm³/mol. The van der Waals surface area contributed by atoms with Crippen molar-refractivity contribution in [3.63, 3.8) is 0 Å². The minimum absolute atomic E-state index is 0.0691. The van der Waals surface area contributed by atoms with Gasteiger partial charge in [0.05, 0.1) is 9.75 Å². The summed E-state index contributed by atoms with van der Waals surface area (Å²) in [6, 6.07) is 0. The molecule has 0 spiro atoms. The SMILES string of the molecule is Cc1sc(C(C)CC2COc3c(csc3C(C)C)O2)c2c1OCCO2. The Bertz CT molecular complexity index is 762. The lowest BCUT2D eigenvalue weighted by Crippen LogP contribution is -2.30. The molecule has 2 aliphatic heterocycles. The van der Waals surface area contributed by atoms with Crippen molar-refractivity contribution in [2.75, 3.05) is 19.8 Å². The molecule has 0 bridgehead atoms. The van der Waals surface area contributed by atoms with Crippen LogP contribution in [0.4, 0.5) is 0 Å². The summed E-state index contributed by atoms with van der Waals surface area (Å²) in [4.78, 5) is 3.73. The van der Waals surface area contributed by atoms with Gasteiger partial charge in [0.15, 0.2) is 23.0 Å². The molecule has 0 amide bonds. The highest BCUT2D eigenvalue weighted by atomic mass is 32.1. The lowest BCUT2D eigenvalue weighted by molar-refractivity contribution is 0.0807. The van der Waals surface area contributed by atoms with E-state index in [4.69, 9.17) is 18.9 Å². The van der Waals surface area contributed by atoms with Gasteiger partial charge in [-0.3, -0.25) is 0 Å². The Kier molecular flexibility index (Phi) is 4.58. The van der Waals surface area contributed by atoms with Crippen LogP contribution in [0.25, 0.3) is 0 Å². The van der Waals surface area contributed by atoms with Gasteiger partial charge in [0.2, 0.25) is 0 Å². The second-order valence-electron chi connectivity index (χ2n) is 7.01. The van der Waals surface area contributed by atoms with Gasteiger partial charge in [0, 0.05) is 10.3 Å². The van der Waals surface area contributed by atoms with E-state index < -0.39 is 0 Å². The average Bonchev–Trinajstić information content (AvgIpc) is 3.16. The van der Waals surface area contributed by atoms with Crippen LogP contribution in [0.1, 0.15) is 53.7 Å². The van der Waals surface area contributed by atoms with Crippen LogP contribution in [-0.4, -0.2) is 25.9 Å². The quantitative estimate of drug-likeness (QED) is 0.717. The fourth-order valence-electron chi connectivity index (χ4n) is 3.42. The second-order valence-corrected chi connectivity index (χ2v) is 9.18. The van der Waals surface area contributed by atoms with Crippen LogP contribution >= 0.6 is 22.7 Å². The fourth-order valence-corrected chi connectivity index (χ4v) is 5.47. The van der Waals surface area contributed by atoms with E-state index in [0.717, 1.165) is 29.4 Å². The van der Waals surface area contributed by atoms with E-state index in [9.17, 15) is 0 Å². The summed E-state index contributed by atoms with van der Waals surface area (Å²) in [5.74, 6) is 4.53. The van der Waals surface area contributed by atoms with E-state index >= 15 is 0 Å². The average molecular weight is 381 g/mol. The highest BCUT2D eigenvalue weighted by Crippen LogP contribution is 2.49. The van der Waals surface area contributed by atoms with Crippen molar-refractivity contribution in [1.29, 1.82) is 0 Å². The summed E-state index contributed by atoms with van der Waals surface area (Å²) in [6.07, 6.45) is 0.974. The summed E-state index contributed by atoms with van der Waals surface area (Å²) in [7, 11) is 0. The number of thiophene rings is 2. The summed E-state index contributed by atoms with van der Waals surface area (Å²) >= 11 is 3.50. The topological polar surface area (TPSA) is 36.9 Å². The van der Waals surface area contributed by atoms with Gasteiger partial charge >= 0.3 is 0 Å². The normalized spacial score (nSPS) is 20.0. The number of fused-ring (bicyclic) bond motifs is 2. The minimum Gasteiger partial charge on any atom is -0.485 e. The maximum Gasteiger partial charge on any atom is 0.175 e. The van der Waals surface area contributed by atoms with Crippen molar-refractivity contribution in [3.8, 4) is 23.0 Å². The number of aryl methyl sites for hydroxylation is 1. The second kappa shape index (κ2) is 6.72. The molecule has 136 valence electrons. The Morgan fingerprint density at radius 3 is 2.56 bits per heavy atom. The molecule has 2 aliphatic rings. The molecule has 4 nitrogen and oxygen atoms in total. The van der Waals surface area contributed by atoms with Crippen LogP contribution in [-0.2, 0) is 0 Å². The Morgan fingerprint density at radius 2 is 1.80 bits per heavy atom. The van der Waals surface area contributed by atoms with Gasteiger partial charge in [-0.2, -0.15) is 0 Å². The van der Waals surface area contributed by atoms with E-state index in [1.807, 2.05) is 0 Å². The first-order valence-electron chi connectivity index (χ1n) is 8.84. The predicted octanol–water partition coefficient (Wildman–Crippen LogP) is 5.35. The summed E-state index contributed by atoms with van der Waals surface area (Å²) in [5.41, 5.74) is 0. The van der Waals surface area contributed by atoms with Crippen molar-refractivity contribution in [3.05, 3.63) is 20.0 Å². The van der Waals surface area contributed by atoms with Gasteiger partial charge in [0.25, 0.3) is 0 Å². The zero-order valence-corrected chi connectivity index (χ0v) is 16.7. The number of hydrogen-bond acceptors (Lipinski definition) is 6. The van der Waals surface area contributed by atoms with Crippen LogP contribution in [0.15, 0.2) is 5.38 Å². The molecule has 4 rings (SSSR count). The molecule has 0 aromatic carbocycles. The Hall–Kier alpha value is -1.40. The Morgan fingerprint density at radius 1 is 1.04 bits per heavy atom. The first-order valence-corrected chi connectivity index (χ1v) is 10.5. The monoisotopic (exact) mass is 380 g/mol. The molecule has 2 aromatic rings. The van der Waals surface area contributed by atoms with Crippen LogP contribution in [0.5, 0.6) is 23.0 Å². The van der Waals surface area contributed by atoms with Crippen LogP contribution in [0.2, 0.25) is 0 Å². The maximum atomic E-state index is 6.22. The van der Waals surface area contributed by atoms with Crippen molar-refractivity contribution >= 4 is 22.7 Å². The number of ether oxygens (including phenoxy) is 4. The van der Waals surface area contributed by atoms with E-state index in [2.05, 4.69) is 33.1 Å². The molecule has 0 radical (unpaired) electrons. The molecule has 0 saturated carbocycles. The number of rotatable bonds is 4. The molecule has 0 saturated heterocycles. The van der Waals surface area contributed by atoms with E-state index in [1.54, 1.807) is 22.7 Å². The molecule has 4 heterocycles. The zero-order chi connectivity index (χ0) is 17.6. The van der Waals surface area contributed by atoms with Gasteiger partial charge in [0.1, 0.15) is 25.9 Å². The van der Waals surface area contributed by atoms with Crippen LogP contribution in [0.3, 0.4) is 0 Å². The third-order valence-electron chi connectivity index (χ3n) is 4.63. The van der Waals surface area contributed by atoms with Crippen molar-refractivity contribution in [2.45, 2.75) is 52.1 Å². The van der Waals surface area contributed by atoms with Crippen LogP contribution < -0.4 is 18.9 Å². The fraction of sp³-hybridized carbons (Fsp3) is 0.579. The minimum atomic E-state index is 0.0691. The molecule has 25 heavy (non-hydrogen) atoms. The third-order valence-corrected chi connectivity index (χ3v) is 7.17. The van der Waals surface area contributed by atoms with Gasteiger partial charge in [-0.05, 0) is 25.2 Å². The molecule has 0 N–H and O–H groups in total. The number of hydrogen-bond donors (Lipinski definition) is 0. The third kappa shape index (κ3) is 3.10. The Balaban J connectivity index is 1.48. The molecule has 0 aliphatic carbocycles. The van der Waals surface area contributed by atoms with Crippen molar-refractivity contribution < 1.29 is 18.9 Å². The van der Waals surface area contributed by atoms with Gasteiger partial charge in [-0.25, -0.2) is 0 Å².